The van der Waals surface area contributed by atoms with Crippen molar-refractivity contribution in [3.05, 3.63) is 53.9 Å². The zero-order chi connectivity index (χ0) is 19.2. The summed E-state index contributed by atoms with van der Waals surface area (Å²) < 4.78 is 11.4. The molecule has 2 N–H and O–H groups in total. The topological polar surface area (TPSA) is 97.8 Å². The first-order valence-electron chi connectivity index (χ1n) is 8.89. The van der Waals surface area contributed by atoms with E-state index in [2.05, 4.69) is 10.3 Å². The molecule has 1 heterocycles. The van der Waals surface area contributed by atoms with Crippen molar-refractivity contribution in [1.29, 1.82) is 0 Å². The molecule has 3 rings (SSSR count). The summed E-state index contributed by atoms with van der Waals surface area (Å²) in [6.07, 6.45) is 4.35. The van der Waals surface area contributed by atoms with Crippen LogP contribution >= 0.6 is 0 Å². The summed E-state index contributed by atoms with van der Waals surface area (Å²) in [6.45, 7) is 2.65. The molecular weight excluding hydrogens is 348 g/mol. The minimum atomic E-state index is -0.811. The lowest BCUT2D eigenvalue weighted by Crippen LogP contribution is -2.46. The summed E-state index contributed by atoms with van der Waals surface area (Å²) in [5, 5.41) is 11.8. The highest BCUT2D eigenvalue weighted by atomic mass is 16.5. The zero-order valence-corrected chi connectivity index (χ0v) is 15.1. The van der Waals surface area contributed by atoms with Crippen LogP contribution in [0.25, 0.3) is 0 Å². The van der Waals surface area contributed by atoms with Crippen LogP contribution in [-0.4, -0.2) is 34.6 Å². The molecule has 1 aliphatic rings. The van der Waals surface area contributed by atoms with Crippen LogP contribution in [0, 0.1) is 5.92 Å². The van der Waals surface area contributed by atoms with Crippen molar-refractivity contribution in [2.45, 2.75) is 32.4 Å². The number of nitrogens with one attached hydrogen (secondary N) is 1. The Bertz CT molecular complexity index is 803. The van der Waals surface area contributed by atoms with E-state index in [0.717, 1.165) is 5.56 Å². The Kier molecular flexibility index (Phi) is 5.90. The molecule has 0 saturated heterocycles. The summed E-state index contributed by atoms with van der Waals surface area (Å²) in [5.74, 6) is -0.381. The van der Waals surface area contributed by atoms with Crippen LogP contribution < -0.4 is 14.8 Å². The highest BCUT2D eigenvalue weighted by molar-refractivity contribution is 5.95. The lowest BCUT2D eigenvalue weighted by molar-refractivity contribution is -0.145. The van der Waals surface area contributed by atoms with Crippen molar-refractivity contribution < 1.29 is 24.2 Å². The molecule has 1 aromatic heterocycles. The van der Waals surface area contributed by atoms with E-state index in [1.54, 1.807) is 30.6 Å². The highest BCUT2D eigenvalue weighted by Crippen LogP contribution is 2.31. The molecule has 1 aliphatic carbocycles. The summed E-state index contributed by atoms with van der Waals surface area (Å²) in [7, 11) is 0. The molecule has 0 radical (unpaired) electrons. The molecule has 1 fully saturated rings. The number of rotatable bonds is 8. The van der Waals surface area contributed by atoms with Gasteiger partial charge in [-0.15, -0.1) is 0 Å². The number of hydrogen-bond donors (Lipinski definition) is 2. The van der Waals surface area contributed by atoms with Crippen LogP contribution in [0.2, 0.25) is 0 Å². The molecule has 27 heavy (non-hydrogen) atoms. The second-order valence-corrected chi connectivity index (χ2v) is 6.42. The second kappa shape index (κ2) is 8.53. The Morgan fingerprint density at radius 3 is 2.70 bits per heavy atom. The zero-order valence-electron chi connectivity index (χ0n) is 15.1. The van der Waals surface area contributed by atoms with Gasteiger partial charge in [0.2, 0.25) is 0 Å². The largest absolute Gasteiger partial charge is 0.490 e. The molecule has 1 saturated carbocycles. The van der Waals surface area contributed by atoms with Crippen molar-refractivity contribution >= 4 is 11.9 Å². The van der Waals surface area contributed by atoms with E-state index in [-0.39, 0.29) is 17.9 Å². The van der Waals surface area contributed by atoms with Gasteiger partial charge < -0.3 is 19.9 Å². The molecule has 0 aliphatic heterocycles. The van der Waals surface area contributed by atoms with Crippen LogP contribution in [0.1, 0.15) is 35.7 Å². The quantitative estimate of drug-likeness (QED) is 0.741. The van der Waals surface area contributed by atoms with Gasteiger partial charge in [0.15, 0.2) is 11.5 Å². The van der Waals surface area contributed by atoms with Crippen LogP contribution in [0.15, 0.2) is 42.7 Å². The highest BCUT2D eigenvalue weighted by Gasteiger charge is 2.35. The maximum absolute atomic E-state index is 12.4. The average molecular weight is 370 g/mol. The van der Waals surface area contributed by atoms with E-state index < -0.39 is 5.97 Å². The number of nitrogens with zero attached hydrogens (tertiary/aromatic N) is 1. The predicted molar refractivity (Wildman–Crippen MR) is 97.8 cm³/mol. The van der Waals surface area contributed by atoms with Gasteiger partial charge >= 0.3 is 5.97 Å². The van der Waals surface area contributed by atoms with E-state index in [4.69, 9.17) is 14.6 Å². The predicted octanol–water partition coefficient (Wildman–Crippen LogP) is 2.65. The maximum atomic E-state index is 12.4. The monoisotopic (exact) mass is 370 g/mol. The third-order valence-corrected chi connectivity index (χ3v) is 4.45. The molecule has 0 unspecified atom stereocenters. The van der Waals surface area contributed by atoms with E-state index in [1.165, 1.54) is 0 Å². The Labute approximate surface area is 157 Å². The Balaban J connectivity index is 1.64. The molecule has 2 aromatic rings. The first-order chi connectivity index (χ1) is 13.1. The number of pyridine rings is 1. The summed E-state index contributed by atoms with van der Waals surface area (Å²) >= 11 is 0. The van der Waals surface area contributed by atoms with Gasteiger partial charge in [0, 0.05) is 29.6 Å². The fraction of sp³-hybridized carbons (Fsp3) is 0.350. The summed E-state index contributed by atoms with van der Waals surface area (Å²) in [5.41, 5.74) is 1.38. The van der Waals surface area contributed by atoms with Crippen molar-refractivity contribution in [2.75, 3.05) is 6.61 Å². The normalized spacial score (nSPS) is 18.3. The smallest absolute Gasteiger partial charge is 0.306 e. The number of aliphatic carboxylic acids is 1. The number of carbonyl (C=O) groups excluding carboxylic acids is 1. The van der Waals surface area contributed by atoms with Gasteiger partial charge in [-0.1, -0.05) is 6.07 Å². The van der Waals surface area contributed by atoms with Crippen LogP contribution in [0.4, 0.5) is 0 Å². The number of benzene rings is 1. The Morgan fingerprint density at radius 1 is 1.22 bits per heavy atom. The van der Waals surface area contributed by atoms with Gasteiger partial charge in [0.1, 0.15) is 6.61 Å². The van der Waals surface area contributed by atoms with Gasteiger partial charge in [-0.05, 0) is 44.0 Å². The number of aromatic nitrogens is 1. The number of ether oxygens (including phenoxy) is 2. The van der Waals surface area contributed by atoms with Crippen molar-refractivity contribution in [1.82, 2.24) is 10.3 Å². The van der Waals surface area contributed by atoms with Gasteiger partial charge in [-0.3, -0.25) is 14.6 Å². The molecule has 1 aromatic carbocycles. The SMILES string of the molecule is CCOc1cc(C(=O)NC2CC(C(=O)O)C2)ccc1OCc1cccnc1. The Hall–Kier alpha value is -3.09. The number of amides is 1. The third-order valence-electron chi connectivity index (χ3n) is 4.45. The maximum Gasteiger partial charge on any atom is 0.306 e. The van der Waals surface area contributed by atoms with Crippen LogP contribution in [-0.2, 0) is 11.4 Å². The van der Waals surface area contributed by atoms with E-state index in [0.29, 0.717) is 43.1 Å². The molecule has 0 atom stereocenters. The fourth-order valence-corrected chi connectivity index (χ4v) is 2.89. The Morgan fingerprint density at radius 2 is 2.04 bits per heavy atom. The minimum Gasteiger partial charge on any atom is -0.490 e. The second-order valence-electron chi connectivity index (χ2n) is 6.42. The lowest BCUT2D eigenvalue weighted by Gasteiger charge is -2.32. The van der Waals surface area contributed by atoms with Gasteiger partial charge in [-0.25, -0.2) is 0 Å². The van der Waals surface area contributed by atoms with Crippen molar-refractivity contribution in [3.63, 3.8) is 0 Å². The minimum absolute atomic E-state index is 0.101. The summed E-state index contributed by atoms with van der Waals surface area (Å²) in [6, 6.07) is 8.67. The number of carboxylic acid groups (broad SMARTS) is 1. The van der Waals surface area contributed by atoms with Crippen LogP contribution in [0.5, 0.6) is 11.5 Å². The molecular formula is C20H22N2O5. The standard InChI is InChI=1S/C20H22N2O5/c1-2-26-18-10-14(19(23)22-16-8-15(9-16)20(24)25)5-6-17(18)27-12-13-4-3-7-21-11-13/h3-7,10-11,15-16H,2,8-9,12H2,1H3,(H,22,23)(H,24,25). The van der Waals surface area contributed by atoms with Crippen LogP contribution in [0.3, 0.4) is 0 Å². The van der Waals surface area contributed by atoms with Crippen molar-refractivity contribution in [2.24, 2.45) is 5.92 Å². The first-order valence-corrected chi connectivity index (χ1v) is 8.89. The lowest BCUT2D eigenvalue weighted by atomic mass is 9.80. The third kappa shape index (κ3) is 4.75. The molecule has 7 nitrogen and oxygen atoms in total. The van der Waals surface area contributed by atoms with Gasteiger partial charge in [0.05, 0.1) is 12.5 Å². The average Bonchev–Trinajstić information content (AvgIpc) is 2.63. The molecule has 1 amide bonds. The molecule has 0 bridgehead atoms. The molecule has 7 heteroatoms. The van der Waals surface area contributed by atoms with E-state index >= 15 is 0 Å². The van der Waals surface area contributed by atoms with E-state index in [9.17, 15) is 9.59 Å². The van der Waals surface area contributed by atoms with Gasteiger partial charge in [0.25, 0.3) is 5.91 Å². The molecule has 0 spiro atoms. The number of carbonyl (C=O) groups is 2. The number of carboxylic acids is 1. The molecule has 142 valence electrons. The van der Waals surface area contributed by atoms with E-state index in [1.807, 2.05) is 19.1 Å². The summed E-state index contributed by atoms with van der Waals surface area (Å²) in [4.78, 5) is 27.3. The van der Waals surface area contributed by atoms with Gasteiger partial charge in [-0.2, -0.15) is 0 Å². The number of hydrogen-bond acceptors (Lipinski definition) is 5. The fourth-order valence-electron chi connectivity index (χ4n) is 2.89. The van der Waals surface area contributed by atoms with Crippen molar-refractivity contribution in [3.8, 4) is 11.5 Å². The first kappa shape index (κ1) is 18.7.